The van der Waals surface area contributed by atoms with E-state index in [1.54, 1.807) is 6.07 Å². The number of anilines is 1. The lowest BCUT2D eigenvalue weighted by Crippen LogP contribution is -2.01. The first-order valence-corrected chi connectivity index (χ1v) is 7.96. The Morgan fingerprint density at radius 1 is 1.15 bits per heavy atom. The molecule has 136 valence electrons. The first kappa shape index (κ1) is 18.8. The minimum Gasteiger partial charge on any atom is -0.493 e. The largest absolute Gasteiger partial charge is 0.493 e. The molecule has 1 N–H and O–H groups in total. The van der Waals surface area contributed by atoms with Crippen LogP contribution in [-0.4, -0.2) is 22.7 Å². The highest BCUT2D eigenvalue weighted by molar-refractivity contribution is 5.84. The molecule has 0 aliphatic heterocycles. The zero-order valence-electron chi connectivity index (χ0n) is 14.1. The standard InChI is InChI=1S/C17H18N4O5/c1-2-3-10-26-17-7-5-4-6-13(17)12-18-19-15-9-8-14(20(22)23)11-16(15)21(24)25/h4-9,11-12,19H,2-3,10H2,1H3/b18-12+. The predicted octanol–water partition coefficient (Wildman–Crippen LogP) is 4.13. The highest BCUT2D eigenvalue weighted by Crippen LogP contribution is 2.29. The molecule has 9 heteroatoms. The number of unbranched alkanes of at least 4 members (excludes halogenated alkanes) is 1. The molecular formula is C17H18N4O5. The first-order valence-electron chi connectivity index (χ1n) is 7.96. The fourth-order valence-electron chi connectivity index (χ4n) is 2.10. The maximum Gasteiger partial charge on any atom is 0.301 e. The van der Waals surface area contributed by atoms with Gasteiger partial charge in [0.1, 0.15) is 11.4 Å². The van der Waals surface area contributed by atoms with Crippen LogP contribution in [0.3, 0.4) is 0 Å². The van der Waals surface area contributed by atoms with Crippen LogP contribution in [-0.2, 0) is 0 Å². The van der Waals surface area contributed by atoms with E-state index in [1.165, 1.54) is 18.3 Å². The van der Waals surface area contributed by atoms with Crippen LogP contribution in [0.25, 0.3) is 0 Å². The molecule has 0 spiro atoms. The van der Waals surface area contributed by atoms with Gasteiger partial charge in [0, 0.05) is 11.6 Å². The fourth-order valence-corrected chi connectivity index (χ4v) is 2.10. The third-order valence-electron chi connectivity index (χ3n) is 3.45. The number of nitro groups is 2. The highest BCUT2D eigenvalue weighted by atomic mass is 16.6. The van der Waals surface area contributed by atoms with Crippen molar-refractivity contribution in [3.63, 3.8) is 0 Å². The van der Waals surface area contributed by atoms with E-state index < -0.39 is 15.5 Å². The van der Waals surface area contributed by atoms with E-state index in [0.29, 0.717) is 17.9 Å². The Labute approximate surface area is 149 Å². The normalized spacial score (nSPS) is 10.7. The summed E-state index contributed by atoms with van der Waals surface area (Å²) in [6.45, 7) is 2.65. The molecule has 2 aromatic carbocycles. The number of para-hydroxylation sites is 1. The van der Waals surface area contributed by atoms with Crippen molar-refractivity contribution in [1.29, 1.82) is 0 Å². The summed E-state index contributed by atoms with van der Waals surface area (Å²) in [6.07, 6.45) is 3.42. The van der Waals surface area contributed by atoms with Crippen molar-refractivity contribution < 1.29 is 14.6 Å². The molecule has 0 aliphatic carbocycles. The van der Waals surface area contributed by atoms with Gasteiger partial charge in [-0.2, -0.15) is 5.10 Å². The van der Waals surface area contributed by atoms with Crippen LogP contribution in [0, 0.1) is 20.2 Å². The van der Waals surface area contributed by atoms with Gasteiger partial charge < -0.3 is 4.74 Å². The quantitative estimate of drug-likeness (QED) is 0.311. The molecule has 0 atom stereocenters. The molecule has 0 saturated carbocycles. The van der Waals surface area contributed by atoms with Gasteiger partial charge in [-0.1, -0.05) is 25.5 Å². The number of benzene rings is 2. The van der Waals surface area contributed by atoms with Crippen LogP contribution in [0.1, 0.15) is 25.3 Å². The summed E-state index contributed by atoms with van der Waals surface area (Å²) in [6, 6.07) is 10.6. The Kier molecular flexibility index (Phi) is 6.60. The van der Waals surface area contributed by atoms with Crippen molar-refractivity contribution >= 4 is 23.3 Å². The molecule has 0 unspecified atom stereocenters. The van der Waals surface area contributed by atoms with E-state index in [2.05, 4.69) is 17.5 Å². The van der Waals surface area contributed by atoms with Gasteiger partial charge in [0.05, 0.1) is 28.7 Å². The number of ether oxygens (including phenoxy) is 1. The van der Waals surface area contributed by atoms with Gasteiger partial charge in [-0.05, 0) is 24.6 Å². The molecule has 0 bridgehead atoms. The lowest BCUT2D eigenvalue weighted by molar-refractivity contribution is -0.393. The number of rotatable bonds is 9. The summed E-state index contributed by atoms with van der Waals surface area (Å²) < 4.78 is 5.68. The third-order valence-corrected chi connectivity index (χ3v) is 3.45. The van der Waals surface area contributed by atoms with Crippen LogP contribution in [0.5, 0.6) is 5.75 Å². The van der Waals surface area contributed by atoms with Crippen LogP contribution < -0.4 is 10.2 Å². The minimum absolute atomic E-state index is 0.0567. The molecular weight excluding hydrogens is 340 g/mol. The van der Waals surface area contributed by atoms with Crippen LogP contribution in [0.4, 0.5) is 17.1 Å². The van der Waals surface area contributed by atoms with Crippen molar-refractivity contribution in [2.24, 2.45) is 5.10 Å². The lowest BCUT2D eigenvalue weighted by Gasteiger charge is -2.08. The van der Waals surface area contributed by atoms with E-state index in [-0.39, 0.29) is 11.4 Å². The average Bonchev–Trinajstić information content (AvgIpc) is 2.63. The zero-order chi connectivity index (χ0) is 18.9. The Balaban J connectivity index is 2.16. The number of non-ortho nitro benzene ring substituents is 1. The summed E-state index contributed by atoms with van der Waals surface area (Å²) in [5, 5.41) is 25.8. The summed E-state index contributed by atoms with van der Waals surface area (Å²) in [4.78, 5) is 20.5. The molecule has 0 saturated heterocycles. The Morgan fingerprint density at radius 3 is 2.62 bits per heavy atom. The number of hydrogen-bond acceptors (Lipinski definition) is 7. The summed E-state index contributed by atoms with van der Waals surface area (Å²) >= 11 is 0. The molecule has 0 fully saturated rings. The van der Waals surface area contributed by atoms with Gasteiger partial charge in [-0.25, -0.2) is 0 Å². The van der Waals surface area contributed by atoms with Crippen molar-refractivity contribution in [3.05, 3.63) is 68.3 Å². The van der Waals surface area contributed by atoms with Gasteiger partial charge >= 0.3 is 5.69 Å². The molecule has 2 rings (SSSR count). The second kappa shape index (κ2) is 9.11. The van der Waals surface area contributed by atoms with Gasteiger partial charge in [0.25, 0.3) is 5.69 Å². The van der Waals surface area contributed by atoms with Crippen LogP contribution >= 0.6 is 0 Å². The summed E-state index contributed by atoms with van der Waals surface area (Å²) in [5.74, 6) is 0.657. The summed E-state index contributed by atoms with van der Waals surface area (Å²) in [5.41, 5.74) is 2.53. The summed E-state index contributed by atoms with van der Waals surface area (Å²) in [7, 11) is 0. The Hall–Kier alpha value is -3.49. The van der Waals surface area contributed by atoms with E-state index >= 15 is 0 Å². The van der Waals surface area contributed by atoms with Crippen molar-refractivity contribution in [3.8, 4) is 5.75 Å². The molecule has 0 aromatic heterocycles. The number of nitrogens with one attached hydrogen (secondary N) is 1. The van der Waals surface area contributed by atoms with Crippen molar-refractivity contribution in [2.45, 2.75) is 19.8 Å². The predicted molar refractivity (Wildman–Crippen MR) is 97.8 cm³/mol. The maximum absolute atomic E-state index is 11.1. The van der Waals surface area contributed by atoms with Gasteiger partial charge in [-0.15, -0.1) is 0 Å². The average molecular weight is 358 g/mol. The number of hydrazone groups is 1. The van der Waals surface area contributed by atoms with Gasteiger partial charge in [0.15, 0.2) is 0 Å². The van der Waals surface area contributed by atoms with E-state index in [9.17, 15) is 20.2 Å². The monoisotopic (exact) mass is 358 g/mol. The second-order valence-corrected chi connectivity index (χ2v) is 5.33. The molecule has 0 radical (unpaired) electrons. The molecule has 0 aliphatic rings. The second-order valence-electron chi connectivity index (χ2n) is 5.33. The molecule has 9 nitrogen and oxygen atoms in total. The van der Waals surface area contributed by atoms with Crippen LogP contribution in [0.15, 0.2) is 47.6 Å². The van der Waals surface area contributed by atoms with Crippen molar-refractivity contribution in [2.75, 3.05) is 12.0 Å². The van der Waals surface area contributed by atoms with Gasteiger partial charge in [-0.3, -0.25) is 25.7 Å². The molecule has 26 heavy (non-hydrogen) atoms. The zero-order valence-corrected chi connectivity index (χ0v) is 14.1. The van der Waals surface area contributed by atoms with E-state index in [1.807, 2.05) is 18.2 Å². The third kappa shape index (κ3) is 5.00. The minimum atomic E-state index is -0.702. The number of nitro benzene ring substituents is 2. The fraction of sp³-hybridized carbons (Fsp3) is 0.235. The first-order chi connectivity index (χ1) is 12.5. The lowest BCUT2D eigenvalue weighted by atomic mass is 10.2. The molecule has 0 amide bonds. The Morgan fingerprint density at radius 2 is 1.92 bits per heavy atom. The maximum atomic E-state index is 11.1. The van der Waals surface area contributed by atoms with E-state index in [4.69, 9.17) is 4.74 Å². The van der Waals surface area contributed by atoms with Gasteiger partial charge in [0.2, 0.25) is 0 Å². The Bertz CT molecular complexity index is 823. The number of nitrogens with zero attached hydrogens (tertiary/aromatic N) is 3. The molecule has 0 heterocycles. The van der Waals surface area contributed by atoms with Crippen molar-refractivity contribution in [1.82, 2.24) is 0 Å². The van der Waals surface area contributed by atoms with E-state index in [0.717, 1.165) is 18.9 Å². The highest BCUT2D eigenvalue weighted by Gasteiger charge is 2.19. The van der Waals surface area contributed by atoms with Crippen LogP contribution in [0.2, 0.25) is 0 Å². The topological polar surface area (TPSA) is 120 Å². The number of hydrogen-bond donors (Lipinski definition) is 1. The smallest absolute Gasteiger partial charge is 0.301 e. The SMILES string of the molecule is CCCCOc1ccccc1/C=N/Nc1ccc([N+](=O)[O-])cc1[N+](=O)[O-]. The molecule has 2 aromatic rings.